The van der Waals surface area contributed by atoms with Crippen LogP contribution in [0.3, 0.4) is 0 Å². The summed E-state index contributed by atoms with van der Waals surface area (Å²) in [5.41, 5.74) is 4.26. The quantitative estimate of drug-likeness (QED) is 0.339. The molecule has 6 nitrogen and oxygen atoms in total. The zero-order valence-electron chi connectivity index (χ0n) is 18.3. The van der Waals surface area contributed by atoms with Crippen molar-refractivity contribution in [3.63, 3.8) is 0 Å². The van der Waals surface area contributed by atoms with E-state index in [0.717, 1.165) is 44.0 Å². The van der Waals surface area contributed by atoms with Gasteiger partial charge in [0.1, 0.15) is 5.69 Å². The molecule has 0 saturated carbocycles. The van der Waals surface area contributed by atoms with Crippen LogP contribution in [-0.2, 0) is 17.8 Å². The molecule has 1 aliphatic heterocycles. The second-order valence-corrected chi connectivity index (χ2v) is 10.4. The van der Waals surface area contributed by atoms with Crippen LogP contribution in [0.5, 0.6) is 11.5 Å². The highest BCUT2D eigenvalue weighted by Gasteiger charge is 2.24. The van der Waals surface area contributed by atoms with Gasteiger partial charge in [-0.3, -0.25) is 4.79 Å². The number of imidazole rings is 1. The Hall–Kier alpha value is -2.75. The lowest BCUT2D eigenvalue weighted by molar-refractivity contribution is -0.129. The molecule has 4 heterocycles. The molecular formula is C24H23N3O3S3. The first-order chi connectivity index (χ1) is 16.2. The van der Waals surface area contributed by atoms with Crippen LogP contribution in [0.15, 0.2) is 52.3 Å². The minimum absolute atomic E-state index is 0.104. The van der Waals surface area contributed by atoms with Crippen molar-refractivity contribution in [2.24, 2.45) is 0 Å². The van der Waals surface area contributed by atoms with Crippen LogP contribution in [-0.4, -0.2) is 47.3 Å². The molecule has 0 atom stereocenters. The van der Waals surface area contributed by atoms with Gasteiger partial charge in [-0.05, 0) is 52.6 Å². The number of carbonyl (C=O) groups excluding carboxylic acids is 1. The number of nitrogens with one attached hydrogen (secondary N) is 1. The number of carbonyl (C=O) groups is 1. The van der Waals surface area contributed by atoms with E-state index in [0.29, 0.717) is 24.6 Å². The summed E-state index contributed by atoms with van der Waals surface area (Å²) in [5, 5.41) is 4.87. The second-order valence-electron chi connectivity index (χ2n) is 7.55. The molecule has 0 bridgehead atoms. The number of aromatic amines is 1. The van der Waals surface area contributed by atoms with Crippen molar-refractivity contribution < 1.29 is 14.3 Å². The molecule has 0 radical (unpaired) electrons. The molecule has 1 aliphatic rings. The number of aromatic nitrogens is 2. The van der Waals surface area contributed by atoms with Crippen LogP contribution in [0, 0.1) is 0 Å². The Labute approximate surface area is 204 Å². The maximum atomic E-state index is 13.0. The van der Waals surface area contributed by atoms with Gasteiger partial charge in [0, 0.05) is 13.1 Å². The topological polar surface area (TPSA) is 67.5 Å². The van der Waals surface area contributed by atoms with E-state index in [2.05, 4.69) is 27.9 Å². The van der Waals surface area contributed by atoms with E-state index in [1.54, 1.807) is 36.9 Å². The fourth-order valence-electron chi connectivity index (χ4n) is 3.93. The predicted octanol–water partition coefficient (Wildman–Crippen LogP) is 5.56. The van der Waals surface area contributed by atoms with Crippen LogP contribution < -0.4 is 9.47 Å². The summed E-state index contributed by atoms with van der Waals surface area (Å²) in [6.07, 6.45) is 0.803. The number of ether oxygens (including phenoxy) is 2. The number of amides is 1. The number of H-pyrrole nitrogens is 1. The van der Waals surface area contributed by atoms with Gasteiger partial charge in [-0.15, -0.1) is 22.7 Å². The summed E-state index contributed by atoms with van der Waals surface area (Å²) in [5.74, 6) is 1.86. The van der Waals surface area contributed by atoms with Crippen molar-refractivity contribution in [3.8, 4) is 32.6 Å². The van der Waals surface area contributed by atoms with Crippen LogP contribution in [0.4, 0.5) is 0 Å². The molecule has 0 saturated heterocycles. The van der Waals surface area contributed by atoms with Crippen LogP contribution in [0.25, 0.3) is 21.1 Å². The number of hydrogen-bond donors (Lipinski definition) is 1. The molecular weight excluding hydrogens is 474 g/mol. The normalized spacial score (nSPS) is 13.1. The Morgan fingerprint density at radius 3 is 2.45 bits per heavy atom. The van der Waals surface area contributed by atoms with Gasteiger partial charge >= 0.3 is 0 Å². The molecule has 0 aliphatic carbocycles. The van der Waals surface area contributed by atoms with E-state index in [1.807, 2.05) is 29.2 Å². The minimum atomic E-state index is 0.104. The van der Waals surface area contributed by atoms with Crippen molar-refractivity contribution in [1.29, 1.82) is 0 Å². The van der Waals surface area contributed by atoms with Gasteiger partial charge < -0.3 is 19.4 Å². The highest BCUT2D eigenvalue weighted by atomic mass is 32.2. The summed E-state index contributed by atoms with van der Waals surface area (Å²) in [6, 6.07) is 12.2. The predicted molar refractivity (Wildman–Crippen MR) is 135 cm³/mol. The summed E-state index contributed by atoms with van der Waals surface area (Å²) in [6.45, 7) is 1.27. The maximum absolute atomic E-state index is 13.0. The number of rotatable bonds is 7. The van der Waals surface area contributed by atoms with Gasteiger partial charge in [0.25, 0.3) is 0 Å². The molecule has 1 amide bonds. The Morgan fingerprint density at radius 2 is 1.79 bits per heavy atom. The molecule has 170 valence electrons. The van der Waals surface area contributed by atoms with Gasteiger partial charge in [0.2, 0.25) is 5.91 Å². The first kappa shape index (κ1) is 22.1. The summed E-state index contributed by atoms with van der Waals surface area (Å²) in [7, 11) is 3.27. The monoisotopic (exact) mass is 497 g/mol. The van der Waals surface area contributed by atoms with Crippen LogP contribution in [0.2, 0.25) is 0 Å². The number of fused-ring (bicyclic) bond motifs is 1. The van der Waals surface area contributed by atoms with Crippen LogP contribution in [0.1, 0.15) is 11.1 Å². The molecule has 4 aromatic rings. The molecule has 0 unspecified atom stereocenters. The molecule has 5 rings (SSSR count). The average molecular weight is 498 g/mol. The van der Waals surface area contributed by atoms with E-state index in [9.17, 15) is 4.79 Å². The van der Waals surface area contributed by atoms with Crippen molar-refractivity contribution >= 4 is 40.3 Å². The molecule has 33 heavy (non-hydrogen) atoms. The maximum Gasteiger partial charge on any atom is 0.233 e. The standard InChI is InChI=1S/C24H23N3O3S3/c1-29-17-11-15-7-8-27(13-16(15)12-18(17)30-2)21(28)14-33-24-25-22(19-5-3-9-31-19)23(26-24)20-6-4-10-32-20/h3-6,9-12H,7-8,13-14H2,1-2H3,(H,25,26). The molecule has 0 spiro atoms. The highest BCUT2D eigenvalue weighted by molar-refractivity contribution is 7.99. The van der Waals surface area contributed by atoms with Crippen molar-refractivity contribution in [2.45, 2.75) is 18.1 Å². The Morgan fingerprint density at radius 1 is 1.09 bits per heavy atom. The number of benzene rings is 1. The number of methoxy groups -OCH3 is 2. The smallest absolute Gasteiger partial charge is 0.233 e. The van der Waals surface area contributed by atoms with Gasteiger partial charge in [-0.1, -0.05) is 23.9 Å². The third-order valence-electron chi connectivity index (χ3n) is 5.61. The number of hydrogen-bond acceptors (Lipinski definition) is 7. The zero-order chi connectivity index (χ0) is 22.8. The Bertz CT molecular complexity index is 1200. The number of nitrogens with zero attached hydrogens (tertiary/aromatic N) is 2. The summed E-state index contributed by atoms with van der Waals surface area (Å²) < 4.78 is 10.8. The van der Waals surface area contributed by atoms with E-state index in [1.165, 1.54) is 17.3 Å². The summed E-state index contributed by atoms with van der Waals surface area (Å²) >= 11 is 4.80. The van der Waals surface area contributed by atoms with Gasteiger partial charge in [-0.2, -0.15) is 0 Å². The molecule has 3 aromatic heterocycles. The van der Waals surface area contributed by atoms with Crippen molar-refractivity contribution in [2.75, 3.05) is 26.5 Å². The molecule has 9 heteroatoms. The molecule has 0 fully saturated rings. The molecule has 1 aromatic carbocycles. The third-order valence-corrected chi connectivity index (χ3v) is 8.23. The van der Waals surface area contributed by atoms with E-state index in [-0.39, 0.29) is 5.91 Å². The summed E-state index contributed by atoms with van der Waals surface area (Å²) in [4.78, 5) is 25.5. The SMILES string of the molecule is COc1cc2c(cc1OC)CN(C(=O)CSc1nc(-c3cccs3)c(-c3cccs3)[nH]1)CC2. The number of thioether (sulfide) groups is 1. The first-order valence-corrected chi connectivity index (χ1v) is 13.2. The highest BCUT2D eigenvalue weighted by Crippen LogP contribution is 2.37. The average Bonchev–Trinajstić information content (AvgIpc) is 3.62. The van der Waals surface area contributed by atoms with Gasteiger partial charge in [0.05, 0.1) is 35.4 Å². The first-order valence-electron chi connectivity index (χ1n) is 10.5. The fourth-order valence-corrected chi connectivity index (χ4v) is 6.15. The lowest BCUT2D eigenvalue weighted by Crippen LogP contribution is -2.37. The lowest BCUT2D eigenvalue weighted by atomic mass is 9.99. The molecule has 1 N–H and O–H groups in total. The second kappa shape index (κ2) is 9.62. The lowest BCUT2D eigenvalue weighted by Gasteiger charge is -2.29. The van der Waals surface area contributed by atoms with Crippen molar-refractivity contribution in [1.82, 2.24) is 14.9 Å². The van der Waals surface area contributed by atoms with E-state index < -0.39 is 0 Å². The van der Waals surface area contributed by atoms with Crippen LogP contribution >= 0.6 is 34.4 Å². The number of thiophene rings is 2. The Balaban J connectivity index is 1.30. The fraction of sp³-hybridized carbons (Fsp3) is 0.250. The zero-order valence-corrected chi connectivity index (χ0v) is 20.7. The largest absolute Gasteiger partial charge is 0.493 e. The Kier molecular flexibility index (Phi) is 6.43. The van der Waals surface area contributed by atoms with Crippen molar-refractivity contribution in [3.05, 3.63) is 58.3 Å². The third kappa shape index (κ3) is 4.53. The minimum Gasteiger partial charge on any atom is -0.493 e. The van der Waals surface area contributed by atoms with E-state index in [4.69, 9.17) is 14.5 Å². The van der Waals surface area contributed by atoms with Gasteiger partial charge in [0.15, 0.2) is 16.7 Å². The van der Waals surface area contributed by atoms with Gasteiger partial charge in [-0.25, -0.2) is 4.98 Å². The van der Waals surface area contributed by atoms with E-state index >= 15 is 0 Å².